The van der Waals surface area contributed by atoms with Crippen LogP contribution < -0.4 is 15.2 Å². The van der Waals surface area contributed by atoms with Crippen LogP contribution in [0.4, 0.5) is 5.69 Å². The van der Waals surface area contributed by atoms with E-state index >= 15 is 0 Å². The zero-order valence-electron chi connectivity index (χ0n) is 10.8. The fraction of sp³-hybridized carbons (Fsp3) is 0.538. The van der Waals surface area contributed by atoms with Gasteiger partial charge in [0.2, 0.25) is 10.0 Å². The molecule has 106 valence electrons. The minimum absolute atomic E-state index is 0.0200. The summed E-state index contributed by atoms with van der Waals surface area (Å²) in [4.78, 5) is 0. The van der Waals surface area contributed by atoms with E-state index in [1.165, 1.54) is 0 Å². The number of sulfonamides is 1. The molecule has 1 aromatic rings. The van der Waals surface area contributed by atoms with Gasteiger partial charge in [0.15, 0.2) is 0 Å². The van der Waals surface area contributed by atoms with Crippen molar-refractivity contribution in [1.82, 2.24) is 4.72 Å². The number of nitrogens with one attached hydrogen (secondary N) is 1. The van der Waals surface area contributed by atoms with Crippen LogP contribution in [0.5, 0.6) is 5.75 Å². The average Bonchev–Trinajstić information content (AvgIpc) is 2.83. The SMILES string of the molecule is Nc1ccc(OCCS(=O)(=O)NC2CCCC2)cc1. The molecule has 3 N–H and O–H groups in total. The summed E-state index contributed by atoms with van der Waals surface area (Å²) in [6, 6.07) is 7.02. The molecular weight excluding hydrogens is 264 g/mol. The van der Waals surface area contributed by atoms with Crippen molar-refractivity contribution in [1.29, 1.82) is 0 Å². The number of ether oxygens (including phenoxy) is 1. The van der Waals surface area contributed by atoms with Crippen LogP contribution in [0.15, 0.2) is 24.3 Å². The molecule has 0 spiro atoms. The number of anilines is 1. The lowest BCUT2D eigenvalue weighted by molar-refractivity contribution is 0.340. The second-order valence-electron chi connectivity index (χ2n) is 4.84. The van der Waals surface area contributed by atoms with E-state index in [1.54, 1.807) is 24.3 Å². The molecule has 6 heteroatoms. The molecule has 0 heterocycles. The van der Waals surface area contributed by atoms with Gasteiger partial charge in [-0.1, -0.05) is 12.8 Å². The fourth-order valence-corrected chi connectivity index (χ4v) is 3.35. The van der Waals surface area contributed by atoms with Gasteiger partial charge >= 0.3 is 0 Å². The van der Waals surface area contributed by atoms with Gasteiger partial charge < -0.3 is 10.5 Å². The van der Waals surface area contributed by atoms with Gasteiger partial charge in [-0.2, -0.15) is 0 Å². The molecule has 1 aliphatic rings. The number of nitrogen functional groups attached to an aromatic ring is 1. The molecular formula is C13H20N2O3S. The lowest BCUT2D eigenvalue weighted by atomic mass is 10.3. The minimum Gasteiger partial charge on any atom is -0.492 e. The molecule has 0 aromatic heterocycles. The number of hydrogen-bond donors (Lipinski definition) is 2. The monoisotopic (exact) mass is 284 g/mol. The Morgan fingerprint density at radius 2 is 1.84 bits per heavy atom. The zero-order chi connectivity index (χ0) is 13.7. The summed E-state index contributed by atoms with van der Waals surface area (Å²) in [5.41, 5.74) is 6.21. The van der Waals surface area contributed by atoms with Crippen LogP contribution in [0.2, 0.25) is 0 Å². The van der Waals surface area contributed by atoms with E-state index in [1.807, 2.05) is 0 Å². The Morgan fingerprint density at radius 3 is 2.47 bits per heavy atom. The van der Waals surface area contributed by atoms with Crippen molar-refractivity contribution in [3.8, 4) is 5.75 Å². The summed E-state index contributed by atoms with van der Waals surface area (Å²) < 4.78 is 31.7. The molecule has 0 radical (unpaired) electrons. The summed E-state index contributed by atoms with van der Waals surface area (Å²) in [6.07, 6.45) is 4.10. The summed E-state index contributed by atoms with van der Waals surface area (Å²) in [5.74, 6) is 0.610. The first-order valence-corrected chi connectivity index (χ1v) is 8.19. The van der Waals surface area contributed by atoms with E-state index in [-0.39, 0.29) is 18.4 Å². The predicted octanol–water partition coefficient (Wildman–Crippen LogP) is 1.51. The van der Waals surface area contributed by atoms with Crippen molar-refractivity contribution in [2.24, 2.45) is 0 Å². The predicted molar refractivity (Wildman–Crippen MR) is 75.5 cm³/mol. The summed E-state index contributed by atoms with van der Waals surface area (Å²) >= 11 is 0. The largest absolute Gasteiger partial charge is 0.492 e. The van der Waals surface area contributed by atoms with Crippen LogP contribution in [0, 0.1) is 0 Å². The first kappa shape index (κ1) is 14.1. The van der Waals surface area contributed by atoms with E-state index in [0.717, 1.165) is 25.7 Å². The number of hydrogen-bond acceptors (Lipinski definition) is 4. The Hall–Kier alpha value is -1.27. The quantitative estimate of drug-likeness (QED) is 0.776. The second kappa shape index (κ2) is 6.25. The molecule has 0 saturated heterocycles. The molecule has 1 fully saturated rings. The lowest BCUT2D eigenvalue weighted by Gasteiger charge is -2.12. The Morgan fingerprint density at radius 1 is 1.21 bits per heavy atom. The maximum atomic E-state index is 11.8. The third-order valence-corrected chi connectivity index (χ3v) is 4.60. The van der Waals surface area contributed by atoms with Crippen LogP contribution in [-0.4, -0.2) is 26.8 Å². The molecule has 0 amide bonds. The topological polar surface area (TPSA) is 81.4 Å². The normalized spacial score (nSPS) is 16.6. The number of nitrogens with two attached hydrogens (primary N) is 1. The smallest absolute Gasteiger partial charge is 0.215 e. The molecule has 5 nitrogen and oxygen atoms in total. The third kappa shape index (κ3) is 4.72. The van der Waals surface area contributed by atoms with Gasteiger partial charge in [0.25, 0.3) is 0 Å². The minimum atomic E-state index is -3.24. The van der Waals surface area contributed by atoms with Crippen LogP contribution in [0.3, 0.4) is 0 Å². The Labute approximate surface area is 114 Å². The molecule has 19 heavy (non-hydrogen) atoms. The van der Waals surface area contributed by atoms with E-state index in [0.29, 0.717) is 11.4 Å². The highest BCUT2D eigenvalue weighted by Crippen LogP contribution is 2.18. The van der Waals surface area contributed by atoms with Crippen molar-refractivity contribution in [2.45, 2.75) is 31.7 Å². The van der Waals surface area contributed by atoms with Gasteiger partial charge in [-0.25, -0.2) is 13.1 Å². The van der Waals surface area contributed by atoms with E-state index in [2.05, 4.69) is 4.72 Å². The average molecular weight is 284 g/mol. The van der Waals surface area contributed by atoms with Crippen LogP contribution >= 0.6 is 0 Å². The second-order valence-corrected chi connectivity index (χ2v) is 6.71. The third-order valence-electron chi connectivity index (χ3n) is 3.20. The fourth-order valence-electron chi connectivity index (χ4n) is 2.19. The first-order valence-electron chi connectivity index (χ1n) is 6.53. The highest BCUT2D eigenvalue weighted by molar-refractivity contribution is 7.89. The van der Waals surface area contributed by atoms with Crippen molar-refractivity contribution in [3.63, 3.8) is 0 Å². The molecule has 1 aliphatic carbocycles. The van der Waals surface area contributed by atoms with Crippen molar-refractivity contribution in [2.75, 3.05) is 18.1 Å². The van der Waals surface area contributed by atoms with Crippen molar-refractivity contribution >= 4 is 15.7 Å². The molecule has 1 aromatic carbocycles. The highest BCUT2D eigenvalue weighted by Gasteiger charge is 2.21. The summed E-state index contributed by atoms with van der Waals surface area (Å²) in [6.45, 7) is 0.145. The van der Waals surface area contributed by atoms with E-state index in [4.69, 9.17) is 10.5 Å². The van der Waals surface area contributed by atoms with Crippen LogP contribution in [0.25, 0.3) is 0 Å². The Balaban J connectivity index is 1.76. The van der Waals surface area contributed by atoms with E-state index in [9.17, 15) is 8.42 Å². The molecule has 0 atom stereocenters. The van der Waals surface area contributed by atoms with Crippen LogP contribution in [-0.2, 0) is 10.0 Å². The first-order chi connectivity index (χ1) is 9.05. The molecule has 1 saturated carbocycles. The summed E-state index contributed by atoms with van der Waals surface area (Å²) in [7, 11) is -3.24. The lowest BCUT2D eigenvalue weighted by Crippen LogP contribution is -2.35. The zero-order valence-corrected chi connectivity index (χ0v) is 11.7. The van der Waals surface area contributed by atoms with Gasteiger partial charge in [-0.3, -0.25) is 0 Å². The standard InChI is InChI=1S/C13H20N2O3S/c14-11-5-7-13(8-6-11)18-9-10-19(16,17)15-12-3-1-2-4-12/h5-8,12,15H,1-4,9-10,14H2. The van der Waals surface area contributed by atoms with Gasteiger partial charge in [-0.05, 0) is 37.1 Å². The van der Waals surface area contributed by atoms with Gasteiger partial charge in [-0.15, -0.1) is 0 Å². The van der Waals surface area contributed by atoms with Gasteiger partial charge in [0.1, 0.15) is 12.4 Å². The summed E-state index contributed by atoms with van der Waals surface area (Å²) in [5, 5.41) is 0. The van der Waals surface area contributed by atoms with E-state index < -0.39 is 10.0 Å². The molecule has 0 unspecified atom stereocenters. The maximum absolute atomic E-state index is 11.8. The van der Waals surface area contributed by atoms with Crippen LogP contribution in [0.1, 0.15) is 25.7 Å². The van der Waals surface area contributed by atoms with Crippen molar-refractivity contribution in [3.05, 3.63) is 24.3 Å². The number of rotatable bonds is 6. The maximum Gasteiger partial charge on any atom is 0.215 e. The Bertz CT molecular complexity index is 493. The molecule has 0 aliphatic heterocycles. The highest BCUT2D eigenvalue weighted by atomic mass is 32.2. The number of benzene rings is 1. The molecule has 2 rings (SSSR count). The van der Waals surface area contributed by atoms with Crippen molar-refractivity contribution < 1.29 is 13.2 Å². The molecule has 0 bridgehead atoms. The Kier molecular flexibility index (Phi) is 4.66. The van der Waals surface area contributed by atoms with Gasteiger partial charge in [0.05, 0.1) is 5.75 Å². The van der Waals surface area contributed by atoms with Gasteiger partial charge in [0, 0.05) is 11.7 Å².